The molecular weight excluding hydrogens is 114 g/mol. The summed E-state index contributed by atoms with van der Waals surface area (Å²) in [5.41, 5.74) is 0. The molecule has 0 aromatic rings. The van der Waals surface area contributed by atoms with Gasteiger partial charge in [-0.2, -0.15) is 0 Å². The van der Waals surface area contributed by atoms with Crippen LogP contribution in [-0.4, -0.2) is 16.4 Å². The Balaban J connectivity index is 3.07. The Kier molecular flexibility index (Phi) is 5.43. The summed E-state index contributed by atoms with van der Waals surface area (Å²) < 4.78 is 0. The second-order valence-corrected chi connectivity index (χ2v) is 2.76. The number of hydrogen-bond donors (Lipinski definition) is 1. The predicted octanol–water partition coefficient (Wildman–Crippen LogP) is 0.435. The van der Waals surface area contributed by atoms with Gasteiger partial charge in [0.15, 0.2) is 0 Å². The van der Waals surface area contributed by atoms with Crippen molar-refractivity contribution < 1.29 is 0 Å². The Morgan fingerprint density at radius 2 is 2.12 bits per heavy atom. The molecule has 2 heteroatoms. The molecule has 0 aliphatic heterocycles. The molecule has 0 aliphatic rings. The molecule has 50 valence electrons. The molecule has 0 heterocycles. The molecule has 1 N–H and O–H groups in total. The van der Waals surface area contributed by atoms with Crippen molar-refractivity contribution in [2.24, 2.45) is 0 Å². The highest BCUT2D eigenvalue weighted by Gasteiger charge is 1.97. The van der Waals surface area contributed by atoms with Gasteiger partial charge in [-0.25, -0.2) is 0 Å². The molecule has 1 atom stereocenters. The van der Waals surface area contributed by atoms with E-state index in [1.807, 2.05) is 0 Å². The molecule has 0 fully saturated rings. The summed E-state index contributed by atoms with van der Waals surface area (Å²) in [4.78, 5) is 3.39. The molecule has 0 saturated heterocycles. The minimum Gasteiger partial charge on any atom is -0.343 e. The van der Waals surface area contributed by atoms with E-state index in [4.69, 9.17) is 0 Å². The lowest BCUT2D eigenvalue weighted by Crippen LogP contribution is -2.24. The van der Waals surface area contributed by atoms with Gasteiger partial charge in [0.25, 0.3) is 0 Å². The molecular formula is C6H17NSi. The van der Waals surface area contributed by atoms with Crippen LogP contribution >= 0.6 is 0 Å². The molecule has 0 amide bonds. The lowest BCUT2D eigenvalue weighted by Gasteiger charge is -2.10. The fourth-order valence-electron chi connectivity index (χ4n) is 0.901. The Morgan fingerprint density at radius 1 is 1.50 bits per heavy atom. The van der Waals surface area contributed by atoms with Crippen LogP contribution in [0.5, 0.6) is 0 Å². The lowest BCUT2D eigenvalue weighted by atomic mass is 10.1. The highest BCUT2D eigenvalue weighted by molar-refractivity contribution is 6.04. The van der Waals surface area contributed by atoms with E-state index in [1.54, 1.807) is 0 Å². The quantitative estimate of drug-likeness (QED) is 0.546. The summed E-state index contributed by atoms with van der Waals surface area (Å²) in [6.07, 6.45) is 3.95. The van der Waals surface area contributed by atoms with Gasteiger partial charge < -0.3 is 4.98 Å². The van der Waals surface area contributed by atoms with Crippen LogP contribution in [0.1, 0.15) is 33.1 Å². The van der Waals surface area contributed by atoms with Crippen molar-refractivity contribution in [3.05, 3.63) is 0 Å². The standard InChI is InChI=1S/C6H17NSi/c1-3-5-6(4-2)7-8/h6-7H,3-5H2,1-2,8H3. The first-order chi connectivity index (χ1) is 3.85. The molecule has 1 unspecified atom stereocenters. The Morgan fingerprint density at radius 3 is 2.25 bits per heavy atom. The van der Waals surface area contributed by atoms with Gasteiger partial charge in [0.1, 0.15) is 0 Å². The van der Waals surface area contributed by atoms with Gasteiger partial charge in [-0.15, -0.1) is 0 Å². The fourth-order valence-corrected chi connectivity index (χ4v) is 1.60. The molecule has 0 spiro atoms. The zero-order valence-corrected chi connectivity index (χ0v) is 8.20. The summed E-state index contributed by atoms with van der Waals surface area (Å²) in [5, 5.41) is 0. The third-order valence-electron chi connectivity index (χ3n) is 1.54. The van der Waals surface area contributed by atoms with Gasteiger partial charge in [0.2, 0.25) is 0 Å². The van der Waals surface area contributed by atoms with Gasteiger partial charge in [-0.3, -0.25) is 0 Å². The smallest absolute Gasteiger partial charge is 0.0752 e. The van der Waals surface area contributed by atoms with Gasteiger partial charge in [-0.05, 0) is 18.9 Å². The van der Waals surface area contributed by atoms with Gasteiger partial charge in [0.05, 0.1) is 10.4 Å². The van der Waals surface area contributed by atoms with E-state index >= 15 is 0 Å². The maximum Gasteiger partial charge on any atom is 0.0752 e. The molecule has 0 bridgehead atoms. The van der Waals surface area contributed by atoms with Crippen LogP contribution in [0.25, 0.3) is 0 Å². The van der Waals surface area contributed by atoms with E-state index in [0.717, 1.165) is 16.4 Å². The zero-order valence-electron chi connectivity index (χ0n) is 6.20. The van der Waals surface area contributed by atoms with E-state index in [2.05, 4.69) is 18.8 Å². The van der Waals surface area contributed by atoms with Gasteiger partial charge in [0, 0.05) is 0 Å². The number of nitrogens with one attached hydrogen (secondary N) is 1. The van der Waals surface area contributed by atoms with Crippen LogP contribution < -0.4 is 4.98 Å². The minimum absolute atomic E-state index is 0.812. The van der Waals surface area contributed by atoms with Crippen LogP contribution in [0.2, 0.25) is 0 Å². The molecule has 0 aromatic carbocycles. The highest BCUT2D eigenvalue weighted by atomic mass is 28.2. The van der Waals surface area contributed by atoms with E-state index in [9.17, 15) is 0 Å². The Hall–Kier alpha value is 0.177. The van der Waals surface area contributed by atoms with E-state index in [0.29, 0.717) is 0 Å². The molecule has 8 heavy (non-hydrogen) atoms. The van der Waals surface area contributed by atoms with E-state index < -0.39 is 0 Å². The molecule has 1 nitrogen and oxygen atoms in total. The predicted molar refractivity (Wildman–Crippen MR) is 42.1 cm³/mol. The first-order valence-corrected chi connectivity index (χ1v) is 4.52. The van der Waals surface area contributed by atoms with Crippen LogP contribution in [0.4, 0.5) is 0 Å². The van der Waals surface area contributed by atoms with Crippen LogP contribution in [-0.2, 0) is 0 Å². The van der Waals surface area contributed by atoms with Gasteiger partial charge in [-0.1, -0.05) is 20.3 Å². The molecule has 0 saturated carbocycles. The van der Waals surface area contributed by atoms with Crippen molar-refractivity contribution in [1.82, 2.24) is 4.98 Å². The summed E-state index contributed by atoms with van der Waals surface area (Å²) in [6.45, 7) is 4.48. The third kappa shape index (κ3) is 3.21. The van der Waals surface area contributed by atoms with Crippen molar-refractivity contribution in [2.45, 2.75) is 39.2 Å². The van der Waals surface area contributed by atoms with Crippen molar-refractivity contribution in [2.75, 3.05) is 0 Å². The number of rotatable bonds is 4. The maximum atomic E-state index is 3.39. The van der Waals surface area contributed by atoms with Crippen LogP contribution in [0, 0.1) is 0 Å². The summed E-state index contributed by atoms with van der Waals surface area (Å²) in [5.74, 6) is 0. The second-order valence-electron chi connectivity index (χ2n) is 2.18. The Bertz CT molecular complexity index is 43.8. The van der Waals surface area contributed by atoms with E-state index in [1.165, 1.54) is 19.3 Å². The summed E-state index contributed by atoms with van der Waals surface area (Å²) in [6, 6.07) is 0.812. The fraction of sp³-hybridized carbons (Fsp3) is 1.00. The second kappa shape index (κ2) is 5.32. The lowest BCUT2D eigenvalue weighted by molar-refractivity contribution is 0.549. The van der Waals surface area contributed by atoms with Crippen LogP contribution in [0.3, 0.4) is 0 Å². The molecule has 0 aromatic heterocycles. The molecule has 0 radical (unpaired) electrons. The summed E-state index contributed by atoms with van der Waals surface area (Å²) >= 11 is 0. The van der Waals surface area contributed by atoms with E-state index in [-0.39, 0.29) is 0 Å². The zero-order chi connectivity index (χ0) is 6.41. The largest absolute Gasteiger partial charge is 0.343 e. The first-order valence-electron chi connectivity index (χ1n) is 3.52. The average Bonchev–Trinajstić information content (AvgIpc) is 1.83. The highest BCUT2D eigenvalue weighted by Crippen LogP contribution is 1.98. The van der Waals surface area contributed by atoms with Crippen molar-refractivity contribution >= 4 is 10.4 Å². The summed E-state index contributed by atoms with van der Waals surface area (Å²) in [7, 11) is 1.15. The normalized spacial score (nSPS) is 14.2. The Labute approximate surface area is 55.4 Å². The van der Waals surface area contributed by atoms with Crippen molar-refractivity contribution in [3.8, 4) is 0 Å². The number of hydrogen-bond acceptors (Lipinski definition) is 1. The third-order valence-corrected chi connectivity index (χ3v) is 2.35. The van der Waals surface area contributed by atoms with Gasteiger partial charge >= 0.3 is 0 Å². The minimum atomic E-state index is 0.812. The van der Waals surface area contributed by atoms with Crippen molar-refractivity contribution in [1.29, 1.82) is 0 Å². The van der Waals surface area contributed by atoms with Crippen LogP contribution in [0.15, 0.2) is 0 Å². The molecule has 0 rings (SSSR count). The maximum absolute atomic E-state index is 3.39. The first kappa shape index (κ1) is 8.18. The SMILES string of the molecule is CCCC(CC)N[SiH3]. The monoisotopic (exact) mass is 131 g/mol. The molecule has 0 aliphatic carbocycles. The average molecular weight is 131 g/mol. The topological polar surface area (TPSA) is 12.0 Å². The van der Waals surface area contributed by atoms with Crippen molar-refractivity contribution in [3.63, 3.8) is 0 Å².